The molecule has 1 saturated carbocycles. The summed E-state index contributed by atoms with van der Waals surface area (Å²) >= 11 is 1.65. The van der Waals surface area contributed by atoms with Crippen LogP contribution in [0.4, 0.5) is 0 Å². The molecule has 0 aliphatic heterocycles. The summed E-state index contributed by atoms with van der Waals surface area (Å²) < 4.78 is 7.73. The third kappa shape index (κ3) is 5.22. The standard InChI is InChI=1S/C27H31N3O2S/c1-20-8-11-22(12-9-20)25-18-30-23(19-33-27(30)28-25)14-15-29(17-24-7-4-16-32-24)26(31)13-10-21-5-2-3-6-21/h4,7-9,11-12,16,18-19,21H,2-3,5-6,10,13-15,17H2,1H3. The van der Waals surface area contributed by atoms with Gasteiger partial charge in [-0.15, -0.1) is 11.3 Å². The molecule has 0 N–H and O–H groups in total. The Kier molecular flexibility index (Phi) is 6.63. The van der Waals surface area contributed by atoms with Crippen LogP contribution in [0, 0.1) is 12.8 Å². The fraction of sp³-hybridized carbons (Fsp3) is 0.407. The van der Waals surface area contributed by atoms with Crippen LogP contribution >= 0.6 is 11.3 Å². The Balaban J connectivity index is 1.28. The van der Waals surface area contributed by atoms with Gasteiger partial charge in [0, 0.05) is 42.2 Å². The molecule has 5 nitrogen and oxygen atoms in total. The van der Waals surface area contributed by atoms with Gasteiger partial charge in [-0.05, 0) is 31.4 Å². The maximum absolute atomic E-state index is 13.1. The molecule has 0 radical (unpaired) electrons. The molecule has 1 fully saturated rings. The van der Waals surface area contributed by atoms with E-state index in [0.717, 1.165) is 40.7 Å². The van der Waals surface area contributed by atoms with Crippen molar-refractivity contribution in [2.75, 3.05) is 6.54 Å². The minimum absolute atomic E-state index is 0.232. The average molecular weight is 462 g/mol. The van der Waals surface area contributed by atoms with Gasteiger partial charge in [-0.3, -0.25) is 9.20 Å². The summed E-state index contributed by atoms with van der Waals surface area (Å²) in [5.74, 6) is 1.79. The zero-order valence-corrected chi connectivity index (χ0v) is 20.0. The van der Waals surface area contributed by atoms with Crippen LogP contribution in [-0.4, -0.2) is 26.7 Å². The molecule has 0 bridgehead atoms. The lowest BCUT2D eigenvalue weighted by Crippen LogP contribution is -2.32. The smallest absolute Gasteiger partial charge is 0.222 e. The predicted octanol–water partition coefficient (Wildman–Crippen LogP) is 6.51. The number of rotatable bonds is 9. The summed E-state index contributed by atoms with van der Waals surface area (Å²) in [6, 6.07) is 12.3. The molecule has 1 amide bonds. The first kappa shape index (κ1) is 22.0. The van der Waals surface area contributed by atoms with Gasteiger partial charge in [0.2, 0.25) is 5.91 Å². The summed E-state index contributed by atoms with van der Waals surface area (Å²) in [5, 5.41) is 2.16. The number of carbonyl (C=O) groups excluding carboxylic acids is 1. The van der Waals surface area contributed by atoms with E-state index in [1.807, 2.05) is 17.0 Å². The molecule has 0 spiro atoms. The van der Waals surface area contributed by atoms with Gasteiger partial charge < -0.3 is 9.32 Å². The first-order valence-electron chi connectivity index (χ1n) is 12.0. The molecule has 1 aliphatic rings. The lowest BCUT2D eigenvalue weighted by atomic mass is 10.0. The molecule has 0 atom stereocenters. The number of hydrogen-bond donors (Lipinski definition) is 0. The number of aryl methyl sites for hydroxylation is 1. The molecule has 1 aliphatic carbocycles. The maximum Gasteiger partial charge on any atom is 0.222 e. The van der Waals surface area contributed by atoms with Gasteiger partial charge >= 0.3 is 0 Å². The zero-order valence-electron chi connectivity index (χ0n) is 19.2. The number of imidazole rings is 1. The molecule has 1 aromatic carbocycles. The van der Waals surface area contributed by atoms with Crippen LogP contribution < -0.4 is 0 Å². The first-order valence-corrected chi connectivity index (χ1v) is 12.9. The van der Waals surface area contributed by atoms with Crippen molar-refractivity contribution >= 4 is 22.2 Å². The minimum Gasteiger partial charge on any atom is -0.467 e. The molecular weight excluding hydrogens is 430 g/mol. The molecular formula is C27H31N3O2S. The topological polar surface area (TPSA) is 50.8 Å². The fourth-order valence-electron chi connectivity index (χ4n) is 4.79. The third-order valence-corrected chi connectivity index (χ3v) is 7.68. The Morgan fingerprint density at radius 3 is 2.79 bits per heavy atom. The van der Waals surface area contributed by atoms with E-state index in [1.165, 1.54) is 36.9 Å². The van der Waals surface area contributed by atoms with Crippen LogP contribution in [0.3, 0.4) is 0 Å². The molecule has 172 valence electrons. The van der Waals surface area contributed by atoms with Gasteiger partial charge in [0.25, 0.3) is 0 Å². The van der Waals surface area contributed by atoms with Gasteiger partial charge in [-0.1, -0.05) is 55.5 Å². The average Bonchev–Trinajstić information content (AvgIpc) is 3.62. The van der Waals surface area contributed by atoms with E-state index in [-0.39, 0.29) is 5.91 Å². The van der Waals surface area contributed by atoms with E-state index in [2.05, 4.69) is 47.2 Å². The Morgan fingerprint density at radius 2 is 2.03 bits per heavy atom. The number of benzene rings is 1. The normalized spacial score (nSPS) is 14.3. The van der Waals surface area contributed by atoms with Gasteiger partial charge in [0.05, 0.1) is 18.5 Å². The summed E-state index contributed by atoms with van der Waals surface area (Å²) in [6.45, 7) is 3.30. The number of fused-ring (bicyclic) bond motifs is 1. The van der Waals surface area contributed by atoms with E-state index in [9.17, 15) is 4.79 Å². The molecule has 5 rings (SSSR count). The summed E-state index contributed by atoms with van der Waals surface area (Å²) in [5.41, 5.74) is 4.55. The van der Waals surface area contributed by atoms with Gasteiger partial charge in [0.1, 0.15) is 5.76 Å². The highest BCUT2D eigenvalue weighted by Crippen LogP contribution is 2.29. The summed E-state index contributed by atoms with van der Waals surface area (Å²) in [7, 11) is 0. The van der Waals surface area contributed by atoms with Crippen LogP contribution in [-0.2, 0) is 17.8 Å². The quantitative estimate of drug-likeness (QED) is 0.286. The van der Waals surface area contributed by atoms with Crippen molar-refractivity contribution in [3.8, 4) is 11.3 Å². The number of aromatic nitrogens is 2. The van der Waals surface area contributed by atoms with Gasteiger partial charge in [-0.2, -0.15) is 0 Å². The van der Waals surface area contributed by atoms with Crippen molar-refractivity contribution in [1.82, 2.24) is 14.3 Å². The monoisotopic (exact) mass is 461 g/mol. The Hall–Kier alpha value is -2.86. The third-order valence-electron chi connectivity index (χ3n) is 6.79. The summed E-state index contributed by atoms with van der Waals surface area (Å²) in [4.78, 5) is 20.9. The van der Waals surface area contributed by atoms with Crippen LogP contribution in [0.1, 0.15) is 55.5 Å². The minimum atomic E-state index is 0.232. The molecule has 4 aromatic rings. The Labute approximate surface area is 199 Å². The first-order chi connectivity index (χ1) is 16.2. The van der Waals surface area contributed by atoms with Crippen molar-refractivity contribution < 1.29 is 9.21 Å². The fourth-order valence-corrected chi connectivity index (χ4v) is 5.70. The van der Waals surface area contributed by atoms with Gasteiger partial charge in [0.15, 0.2) is 4.96 Å². The largest absolute Gasteiger partial charge is 0.467 e. The number of thiazole rings is 1. The van der Waals surface area contributed by atoms with Crippen LogP contribution in [0.25, 0.3) is 16.2 Å². The Bertz CT molecular complexity index is 1180. The van der Waals surface area contributed by atoms with Crippen LogP contribution in [0.5, 0.6) is 0 Å². The molecule has 3 aromatic heterocycles. The highest BCUT2D eigenvalue weighted by molar-refractivity contribution is 7.15. The highest BCUT2D eigenvalue weighted by Gasteiger charge is 2.20. The van der Waals surface area contributed by atoms with Crippen LogP contribution in [0.2, 0.25) is 0 Å². The van der Waals surface area contributed by atoms with E-state index >= 15 is 0 Å². The van der Waals surface area contributed by atoms with Crippen molar-refractivity contribution in [3.63, 3.8) is 0 Å². The molecule has 6 heteroatoms. The second-order valence-electron chi connectivity index (χ2n) is 9.21. The number of furan rings is 1. The highest BCUT2D eigenvalue weighted by atomic mass is 32.1. The number of hydrogen-bond acceptors (Lipinski definition) is 4. The van der Waals surface area contributed by atoms with Crippen molar-refractivity contribution in [2.24, 2.45) is 5.92 Å². The molecule has 0 unspecified atom stereocenters. The van der Waals surface area contributed by atoms with Crippen LogP contribution in [0.15, 0.2) is 58.7 Å². The number of amides is 1. The lowest BCUT2D eigenvalue weighted by Gasteiger charge is -2.22. The summed E-state index contributed by atoms with van der Waals surface area (Å²) in [6.07, 6.45) is 11.4. The van der Waals surface area contributed by atoms with E-state index in [1.54, 1.807) is 17.6 Å². The number of carbonyl (C=O) groups is 1. The van der Waals surface area contributed by atoms with Crippen molar-refractivity contribution in [1.29, 1.82) is 0 Å². The van der Waals surface area contributed by atoms with E-state index in [4.69, 9.17) is 9.40 Å². The zero-order chi connectivity index (χ0) is 22.6. The molecule has 33 heavy (non-hydrogen) atoms. The second kappa shape index (κ2) is 9.96. The molecule has 0 saturated heterocycles. The second-order valence-corrected chi connectivity index (χ2v) is 10.0. The van der Waals surface area contributed by atoms with E-state index < -0.39 is 0 Å². The number of nitrogens with zero attached hydrogens (tertiary/aromatic N) is 3. The van der Waals surface area contributed by atoms with Crippen molar-refractivity contribution in [3.05, 3.63) is 71.3 Å². The Morgan fingerprint density at radius 1 is 1.21 bits per heavy atom. The van der Waals surface area contributed by atoms with Crippen molar-refractivity contribution in [2.45, 2.75) is 58.4 Å². The maximum atomic E-state index is 13.1. The lowest BCUT2D eigenvalue weighted by molar-refractivity contribution is -0.132. The SMILES string of the molecule is Cc1ccc(-c2cn3c(CCN(Cc4ccco4)C(=O)CCC4CCCC4)csc3n2)cc1. The molecule has 3 heterocycles. The van der Waals surface area contributed by atoms with E-state index in [0.29, 0.717) is 19.5 Å². The van der Waals surface area contributed by atoms with Gasteiger partial charge in [-0.25, -0.2) is 4.98 Å². The predicted molar refractivity (Wildman–Crippen MR) is 132 cm³/mol.